The Balaban J connectivity index is 2.48. The van der Waals surface area contributed by atoms with E-state index in [1.165, 1.54) is 57.8 Å². The Morgan fingerprint density at radius 1 is 1.11 bits per heavy atom. The molecule has 2 N–H and O–H groups in total. The average molecular weight is 267 g/mol. The number of rotatable bonds is 10. The Morgan fingerprint density at radius 3 is 2.21 bits per heavy atom. The number of nitrogens with zero attached hydrogens (tertiary/aromatic N) is 2. The quantitative estimate of drug-likeness (QED) is 0.609. The van der Waals surface area contributed by atoms with Crippen molar-refractivity contribution < 1.29 is 0 Å². The first-order valence-electron chi connectivity index (χ1n) is 8.18. The van der Waals surface area contributed by atoms with Gasteiger partial charge in [-0.25, -0.2) is 0 Å². The van der Waals surface area contributed by atoms with E-state index >= 15 is 0 Å². The Hall–Kier alpha value is -0.570. The van der Waals surface area contributed by atoms with Crippen molar-refractivity contribution in [3.8, 4) is 0 Å². The van der Waals surface area contributed by atoms with Crippen molar-refractivity contribution in [2.24, 2.45) is 10.7 Å². The normalized spacial score (nSPS) is 21.9. The summed E-state index contributed by atoms with van der Waals surface area (Å²) in [6, 6.07) is 0. The summed E-state index contributed by atoms with van der Waals surface area (Å²) in [7, 11) is 0. The van der Waals surface area contributed by atoms with E-state index in [1.54, 1.807) is 0 Å². The maximum absolute atomic E-state index is 5.91. The summed E-state index contributed by atoms with van der Waals surface area (Å²) in [5.41, 5.74) is 6.18. The van der Waals surface area contributed by atoms with Crippen LogP contribution in [0, 0.1) is 0 Å². The van der Waals surface area contributed by atoms with Crippen LogP contribution in [0.1, 0.15) is 78.6 Å². The molecule has 0 fully saturated rings. The summed E-state index contributed by atoms with van der Waals surface area (Å²) in [6.45, 7) is 7.84. The van der Waals surface area contributed by atoms with Gasteiger partial charge in [0.05, 0.1) is 12.9 Å². The zero-order chi connectivity index (χ0) is 14.1. The van der Waals surface area contributed by atoms with Crippen LogP contribution in [0.5, 0.6) is 0 Å². The molecule has 2 unspecified atom stereocenters. The third-order valence-electron chi connectivity index (χ3n) is 4.36. The predicted molar refractivity (Wildman–Crippen MR) is 84.5 cm³/mol. The third kappa shape index (κ3) is 5.52. The van der Waals surface area contributed by atoms with E-state index in [1.807, 2.05) is 6.34 Å². The van der Waals surface area contributed by atoms with Crippen LogP contribution in [0.15, 0.2) is 4.99 Å². The molecule has 0 spiro atoms. The van der Waals surface area contributed by atoms with Gasteiger partial charge in [0, 0.05) is 5.54 Å². The molecule has 0 amide bonds. The largest absolute Gasteiger partial charge is 0.354 e. The Morgan fingerprint density at radius 2 is 1.68 bits per heavy atom. The van der Waals surface area contributed by atoms with Gasteiger partial charge in [-0.1, -0.05) is 58.8 Å². The lowest BCUT2D eigenvalue weighted by atomic mass is 9.87. The topological polar surface area (TPSA) is 41.6 Å². The van der Waals surface area contributed by atoms with Crippen LogP contribution >= 0.6 is 0 Å². The molecule has 1 heterocycles. The summed E-state index contributed by atoms with van der Waals surface area (Å²) in [5.74, 6) is 0. The monoisotopic (exact) mass is 267 g/mol. The first-order valence-corrected chi connectivity index (χ1v) is 8.18. The van der Waals surface area contributed by atoms with E-state index in [-0.39, 0.29) is 11.7 Å². The van der Waals surface area contributed by atoms with E-state index in [0.29, 0.717) is 0 Å². The van der Waals surface area contributed by atoms with Crippen LogP contribution in [0.25, 0.3) is 0 Å². The molecule has 2 atom stereocenters. The molecule has 0 radical (unpaired) electrons. The van der Waals surface area contributed by atoms with Crippen molar-refractivity contribution in [3.05, 3.63) is 0 Å². The molecule has 0 bridgehead atoms. The molecule has 0 aromatic carbocycles. The highest BCUT2D eigenvalue weighted by molar-refractivity contribution is 5.59. The van der Waals surface area contributed by atoms with Gasteiger partial charge in [-0.05, 0) is 19.8 Å². The number of unbranched alkanes of at least 4 members (excludes halogenated alkanes) is 5. The molecule has 0 aliphatic carbocycles. The van der Waals surface area contributed by atoms with Crippen LogP contribution in [-0.4, -0.2) is 29.5 Å². The van der Waals surface area contributed by atoms with E-state index in [0.717, 1.165) is 6.54 Å². The lowest BCUT2D eigenvalue weighted by Gasteiger charge is -2.39. The van der Waals surface area contributed by atoms with Gasteiger partial charge in [0.15, 0.2) is 0 Å². The highest BCUT2D eigenvalue weighted by Crippen LogP contribution is 2.29. The van der Waals surface area contributed by atoms with Crippen molar-refractivity contribution in [3.63, 3.8) is 0 Å². The van der Waals surface area contributed by atoms with Crippen molar-refractivity contribution in [2.45, 2.75) is 90.3 Å². The minimum Gasteiger partial charge on any atom is -0.354 e. The second kappa shape index (κ2) is 8.57. The standard InChI is InChI=1S/C16H33N3/c1-4-6-8-10-12-16(3,11-9-7-5-2)19-13-15(17)18-14-19/h14-15H,4-13,17H2,1-3H3. The smallest absolute Gasteiger partial charge is 0.116 e. The van der Waals surface area contributed by atoms with Gasteiger partial charge in [0.25, 0.3) is 0 Å². The number of hydrogen-bond acceptors (Lipinski definition) is 3. The summed E-state index contributed by atoms with van der Waals surface area (Å²) in [5, 5.41) is 0. The van der Waals surface area contributed by atoms with Crippen molar-refractivity contribution >= 4 is 6.34 Å². The fourth-order valence-corrected chi connectivity index (χ4v) is 2.92. The van der Waals surface area contributed by atoms with Crippen LogP contribution in [0.2, 0.25) is 0 Å². The summed E-state index contributed by atoms with van der Waals surface area (Å²) in [4.78, 5) is 6.74. The molecular weight excluding hydrogens is 234 g/mol. The van der Waals surface area contributed by atoms with Gasteiger partial charge in [0.1, 0.15) is 6.17 Å². The average Bonchev–Trinajstić information content (AvgIpc) is 2.82. The Labute approximate surface area is 119 Å². The second-order valence-corrected chi connectivity index (χ2v) is 6.25. The Bertz CT molecular complexity index is 265. The van der Waals surface area contributed by atoms with E-state index in [4.69, 9.17) is 5.73 Å². The molecule has 3 heteroatoms. The molecular formula is C16H33N3. The highest BCUT2D eigenvalue weighted by Gasteiger charge is 2.32. The first-order chi connectivity index (χ1) is 9.12. The van der Waals surface area contributed by atoms with Gasteiger partial charge >= 0.3 is 0 Å². The molecule has 0 saturated heterocycles. The van der Waals surface area contributed by atoms with Crippen LogP contribution in [0.3, 0.4) is 0 Å². The SMILES string of the molecule is CCCCCCC(C)(CCCCC)N1C=NC(N)C1. The lowest BCUT2D eigenvalue weighted by molar-refractivity contribution is 0.167. The molecule has 112 valence electrons. The van der Waals surface area contributed by atoms with E-state index < -0.39 is 0 Å². The summed E-state index contributed by atoms with van der Waals surface area (Å²) >= 11 is 0. The van der Waals surface area contributed by atoms with Crippen molar-refractivity contribution in [2.75, 3.05) is 6.54 Å². The number of aliphatic imine (C=N–C) groups is 1. The summed E-state index contributed by atoms with van der Waals surface area (Å²) < 4.78 is 0. The van der Waals surface area contributed by atoms with E-state index in [9.17, 15) is 0 Å². The maximum Gasteiger partial charge on any atom is 0.116 e. The zero-order valence-corrected chi connectivity index (χ0v) is 13.2. The molecule has 3 nitrogen and oxygen atoms in total. The number of nitrogens with two attached hydrogens (primary N) is 1. The highest BCUT2D eigenvalue weighted by atomic mass is 15.3. The molecule has 1 aliphatic rings. The first kappa shape index (κ1) is 16.5. The van der Waals surface area contributed by atoms with Crippen LogP contribution < -0.4 is 5.73 Å². The van der Waals surface area contributed by atoms with Gasteiger partial charge < -0.3 is 10.6 Å². The minimum absolute atomic E-state index is 0.0128. The molecule has 1 aliphatic heterocycles. The maximum atomic E-state index is 5.91. The van der Waals surface area contributed by atoms with Crippen molar-refractivity contribution in [1.29, 1.82) is 0 Å². The summed E-state index contributed by atoms with van der Waals surface area (Å²) in [6.07, 6.45) is 13.8. The molecule has 19 heavy (non-hydrogen) atoms. The molecule has 0 aromatic heterocycles. The van der Waals surface area contributed by atoms with Crippen LogP contribution in [-0.2, 0) is 0 Å². The Kier molecular flexibility index (Phi) is 7.44. The molecule has 0 saturated carbocycles. The predicted octanol–water partition coefficient (Wildman–Crippen LogP) is 3.92. The van der Waals surface area contributed by atoms with E-state index in [2.05, 4.69) is 30.7 Å². The lowest BCUT2D eigenvalue weighted by Crippen LogP contribution is -2.46. The molecule has 1 rings (SSSR count). The van der Waals surface area contributed by atoms with Gasteiger partial charge in [-0.15, -0.1) is 0 Å². The number of hydrogen-bond donors (Lipinski definition) is 1. The van der Waals surface area contributed by atoms with Gasteiger partial charge in [-0.2, -0.15) is 0 Å². The second-order valence-electron chi connectivity index (χ2n) is 6.25. The zero-order valence-electron chi connectivity index (χ0n) is 13.2. The minimum atomic E-state index is -0.0128. The molecule has 0 aromatic rings. The fraction of sp³-hybridized carbons (Fsp3) is 0.938. The third-order valence-corrected chi connectivity index (χ3v) is 4.36. The van der Waals surface area contributed by atoms with Gasteiger partial charge in [-0.3, -0.25) is 4.99 Å². The van der Waals surface area contributed by atoms with Crippen molar-refractivity contribution in [1.82, 2.24) is 4.90 Å². The van der Waals surface area contributed by atoms with Crippen LogP contribution in [0.4, 0.5) is 0 Å². The van der Waals surface area contributed by atoms with Gasteiger partial charge in [0.2, 0.25) is 0 Å². The fourth-order valence-electron chi connectivity index (χ4n) is 2.92.